The Morgan fingerprint density at radius 2 is 2.25 bits per heavy atom. The Morgan fingerprint density at radius 1 is 1.50 bits per heavy atom. The first-order valence-electron chi connectivity index (χ1n) is 6.21. The smallest absolute Gasteiger partial charge is 0.0950 e. The minimum Gasteiger partial charge on any atom is -0.472 e. The van der Waals surface area contributed by atoms with E-state index < -0.39 is 0 Å². The first-order valence-corrected chi connectivity index (χ1v) is 6.21. The number of aliphatic hydroxyl groups is 1. The van der Waals surface area contributed by atoms with Gasteiger partial charge in [-0.1, -0.05) is 12.8 Å². The van der Waals surface area contributed by atoms with Gasteiger partial charge in [0, 0.05) is 18.2 Å². The molecule has 2 atom stereocenters. The lowest BCUT2D eigenvalue weighted by Crippen LogP contribution is -2.33. The monoisotopic (exact) mass is 223 g/mol. The van der Waals surface area contributed by atoms with Crippen LogP contribution in [-0.4, -0.2) is 17.8 Å². The van der Waals surface area contributed by atoms with Crippen LogP contribution in [0.15, 0.2) is 23.0 Å². The number of aliphatic hydroxyl groups excluding tert-OH is 1. The molecular formula is C13H21NO2. The van der Waals surface area contributed by atoms with Crippen LogP contribution in [0.1, 0.15) is 44.2 Å². The zero-order valence-electron chi connectivity index (χ0n) is 9.86. The van der Waals surface area contributed by atoms with Crippen LogP contribution in [0.5, 0.6) is 0 Å². The Morgan fingerprint density at radius 3 is 2.88 bits per heavy atom. The predicted octanol–water partition coefficient (Wildman–Crippen LogP) is 2.48. The highest BCUT2D eigenvalue weighted by Gasteiger charge is 2.23. The van der Waals surface area contributed by atoms with Gasteiger partial charge in [-0.3, -0.25) is 0 Å². The van der Waals surface area contributed by atoms with Gasteiger partial charge in [-0.05, 0) is 31.7 Å². The Kier molecular flexibility index (Phi) is 4.02. The molecule has 2 unspecified atom stereocenters. The average molecular weight is 223 g/mol. The second kappa shape index (κ2) is 5.51. The summed E-state index contributed by atoms with van der Waals surface area (Å²) in [6, 6.07) is 2.20. The van der Waals surface area contributed by atoms with Gasteiger partial charge >= 0.3 is 0 Å². The van der Waals surface area contributed by atoms with Crippen molar-refractivity contribution in [3.8, 4) is 0 Å². The van der Waals surface area contributed by atoms with Crippen molar-refractivity contribution in [2.75, 3.05) is 6.54 Å². The molecule has 1 aromatic rings. The number of nitrogens with one attached hydrogen (secondary N) is 1. The zero-order chi connectivity index (χ0) is 11.4. The number of rotatable bonds is 5. The molecule has 0 aliphatic heterocycles. The number of hydrogen-bond donors (Lipinski definition) is 2. The van der Waals surface area contributed by atoms with Crippen molar-refractivity contribution in [2.24, 2.45) is 5.92 Å². The summed E-state index contributed by atoms with van der Waals surface area (Å²) in [4.78, 5) is 0. The van der Waals surface area contributed by atoms with Crippen molar-refractivity contribution in [3.63, 3.8) is 0 Å². The Bertz CT molecular complexity index is 291. The highest BCUT2D eigenvalue weighted by molar-refractivity contribution is 5.10. The van der Waals surface area contributed by atoms with Crippen molar-refractivity contribution in [1.82, 2.24) is 5.32 Å². The molecule has 2 N–H and O–H groups in total. The molecule has 0 saturated heterocycles. The van der Waals surface area contributed by atoms with E-state index in [2.05, 4.69) is 12.2 Å². The summed E-state index contributed by atoms with van der Waals surface area (Å²) in [7, 11) is 0. The first kappa shape index (κ1) is 11.7. The molecular weight excluding hydrogens is 202 g/mol. The summed E-state index contributed by atoms with van der Waals surface area (Å²) in [5.41, 5.74) is 1.14. The molecule has 1 aliphatic rings. The summed E-state index contributed by atoms with van der Waals surface area (Å²) >= 11 is 0. The normalized spacial score (nSPS) is 21.1. The van der Waals surface area contributed by atoms with Gasteiger partial charge in [0.15, 0.2) is 0 Å². The Labute approximate surface area is 96.8 Å². The molecule has 3 nitrogen and oxygen atoms in total. The molecule has 3 heteroatoms. The van der Waals surface area contributed by atoms with Crippen LogP contribution in [0.25, 0.3) is 0 Å². The van der Waals surface area contributed by atoms with Gasteiger partial charge in [-0.2, -0.15) is 0 Å². The minimum atomic E-state index is -0.197. The fourth-order valence-corrected chi connectivity index (χ4v) is 2.45. The summed E-state index contributed by atoms with van der Waals surface area (Å²) in [5, 5.41) is 13.4. The van der Waals surface area contributed by atoms with Crippen LogP contribution < -0.4 is 5.32 Å². The molecule has 0 radical (unpaired) electrons. The van der Waals surface area contributed by atoms with E-state index in [4.69, 9.17) is 4.42 Å². The van der Waals surface area contributed by atoms with E-state index in [0.717, 1.165) is 5.56 Å². The SMILES string of the molecule is CC(NCC(O)C1CCCC1)c1ccoc1. The van der Waals surface area contributed by atoms with E-state index in [1.54, 1.807) is 12.5 Å². The number of furan rings is 1. The fraction of sp³-hybridized carbons (Fsp3) is 0.692. The number of hydrogen-bond acceptors (Lipinski definition) is 3. The molecule has 90 valence electrons. The molecule has 1 fully saturated rings. The third-order valence-corrected chi connectivity index (χ3v) is 3.62. The average Bonchev–Trinajstić information content (AvgIpc) is 2.95. The van der Waals surface area contributed by atoms with Gasteiger partial charge in [-0.15, -0.1) is 0 Å². The van der Waals surface area contributed by atoms with Crippen molar-refractivity contribution < 1.29 is 9.52 Å². The predicted molar refractivity (Wildman–Crippen MR) is 63.1 cm³/mol. The lowest BCUT2D eigenvalue weighted by molar-refractivity contribution is 0.106. The lowest BCUT2D eigenvalue weighted by Gasteiger charge is -2.20. The third-order valence-electron chi connectivity index (χ3n) is 3.62. The Hall–Kier alpha value is -0.800. The van der Waals surface area contributed by atoms with E-state index in [-0.39, 0.29) is 12.1 Å². The molecule has 1 saturated carbocycles. The van der Waals surface area contributed by atoms with Crippen molar-refractivity contribution in [1.29, 1.82) is 0 Å². The van der Waals surface area contributed by atoms with Crippen LogP contribution in [0.4, 0.5) is 0 Å². The highest BCUT2D eigenvalue weighted by atomic mass is 16.3. The van der Waals surface area contributed by atoms with Gasteiger partial charge < -0.3 is 14.8 Å². The molecule has 0 spiro atoms. The molecule has 1 heterocycles. The van der Waals surface area contributed by atoms with Crippen LogP contribution >= 0.6 is 0 Å². The van der Waals surface area contributed by atoms with Crippen LogP contribution in [0.2, 0.25) is 0 Å². The van der Waals surface area contributed by atoms with Gasteiger partial charge in [0.25, 0.3) is 0 Å². The van der Waals surface area contributed by atoms with Gasteiger partial charge in [0.1, 0.15) is 0 Å². The first-order chi connectivity index (χ1) is 7.77. The van der Waals surface area contributed by atoms with Crippen molar-refractivity contribution in [3.05, 3.63) is 24.2 Å². The molecule has 1 aromatic heterocycles. The fourth-order valence-electron chi connectivity index (χ4n) is 2.45. The minimum absolute atomic E-state index is 0.197. The van der Waals surface area contributed by atoms with E-state index in [0.29, 0.717) is 12.5 Å². The summed E-state index contributed by atoms with van der Waals surface area (Å²) in [6.45, 7) is 2.77. The van der Waals surface area contributed by atoms with Gasteiger partial charge in [0.2, 0.25) is 0 Å². The van der Waals surface area contributed by atoms with E-state index >= 15 is 0 Å². The molecule has 0 bridgehead atoms. The van der Waals surface area contributed by atoms with E-state index in [1.165, 1.54) is 25.7 Å². The maximum absolute atomic E-state index is 10.0. The summed E-state index contributed by atoms with van der Waals surface area (Å²) in [6.07, 6.45) is 8.15. The lowest BCUT2D eigenvalue weighted by atomic mass is 10.0. The quantitative estimate of drug-likeness (QED) is 0.806. The maximum atomic E-state index is 10.0. The second-order valence-electron chi connectivity index (χ2n) is 4.80. The van der Waals surface area contributed by atoms with Crippen LogP contribution in [0.3, 0.4) is 0 Å². The molecule has 0 amide bonds. The summed E-state index contributed by atoms with van der Waals surface area (Å²) in [5.74, 6) is 0.504. The summed E-state index contributed by atoms with van der Waals surface area (Å²) < 4.78 is 5.04. The van der Waals surface area contributed by atoms with Crippen molar-refractivity contribution in [2.45, 2.75) is 44.8 Å². The maximum Gasteiger partial charge on any atom is 0.0950 e. The zero-order valence-corrected chi connectivity index (χ0v) is 9.86. The highest BCUT2D eigenvalue weighted by Crippen LogP contribution is 2.27. The molecule has 0 aromatic carbocycles. The van der Waals surface area contributed by atoms with Crippen LogP contribution in [0, 0.1) is 5.92 Å². The van der Waals surface area contributed by atoms with Gasteiger partial charge in [-0.25, -0.2) is 0 Å². The van der Waals surface area contributed by atoms with E-state index in [1.807, 2.05) is 6.07 Å². The third kappa shape index (κ3) is 2.86. The molecule has 1 aliphatic carbocycles. The topological polar surface area (TPSA) is 45.4 Å². The largest absolute Gasteiger partial charge is 0.472 e. The molecule has 16 heavy (non-hydrogen) atoms. The molecule has 2 rings (SSSR count). The Balaban J connectivity index is 1.74. The van der Waals surface area contributed by atoms with Crippen LogP contribution in [-0.2, 0) is 0 Å². The van der Waals surface area contributed by atoms with Gasteiger partial charge in [0.05, 0.1) is 18.6 Å². The van der Waals surface area contributed by atoms with E-state index in [9.17, 15) is 5.11 Å². The second-order valence-corrected chi connectivity index (χ2v) is 4.80. The van der Waals surface area contributed by atoms with Crippen molar-refractivity contribution >= 4 is 0 Å². The standard InChI is InChI=1S/C13H21NO2/c1-10(12-6-7-16-9-12)14-8-13(15)11-4-2-3-5-11/h6-7,9-11,13-15H,2-5,8H2,1H3.